The molecule has 4 nitrogen and oxygen atoms in total. The lowest BCUT2D eigenvalue weighted by atomic mass is 10.2. The Morgan fingerprint density at radius 1 is 1.29 bits per heavy atom. The van der Waals surface area contributed by atoms with Crippen LogP contribution in [0.15, 0.2) is 30.5 Å². The van der Waals surface area contributed by atoms with Crippen molar-refractivity contribution in [3.8, 4) is 0 Å². The summed E-state index contributed by atoms with van der Waals surface area (Å²) in [5.41, 5.74) is 7.88. The van der Waals surface area contributed by atoms with Gasteiger partial charge >= 0.3 is 0 Å². The van der Waals surface area contributed by atoms with Crippen LogP contribution in [0.4, 0.5) is 0 Å². The van der Waals surface area contributed by atoms with Gasteiger partial charge in [-0.3, -0.25) is 4.98 Å². The van der Waals surface area contributed by atoms with Gasteiger partial charge < -0.3 is 10.8 Å². The first-order valence-corrected chi connectivity index (χ1v) is 4.39. The summed E-state index contributed by atoms with van der Waals surface area (Å²) in [5.74, 6) is 0. The van der Waals surface area contributed by atoms with Crippen molar-refractivity contribution in [3.63, 3.8) is 0 Å². The van der Waals surface area contributed by atoms with Gasteiger partial charge in [0.15, 0.2) is 0 Å². The zero-order valence-electron chi connectivity index (χ0n) is 7.59. The summed E-state index contributed by atoms with van der Waals surface area (Å²) in [4.78, 5) is 8.50. The van der Waals surface area contributed by atoms with E-state index in [4.69, 9.17) is 10.8 Å². The van der Waals surface area contributed by atoms with Crippen molar-refractivity contribution in [2.75, 3.05) is 6.61 Å². The molecule has 0 saturated carbocycles. The Hall–Kier alpha value is -1.52. The maximum atomic E-state index is 8.87. The van der Waals surface area contributed by atoms with Gasteiger partial charge in [0.1, 0.15) is 0 Å². The second kappa shape index (κ2) is 3.69. The van der Waals surface area contributed by atoms with Crippen LogP contribution in [0.5, 0.6) is 0 Å². The third kappa shape index (κ3) is 1.57. The lowest BCUT2D eigenvalue weighted by Crippen LogP contribution is -2.16. The molecule has 1 aromatic heterocycles. The summed E-state index contributed by atoms with van der Waals surface area (Å²) >= 11 is 0. The highest BCUT2D eigenvalue weighted by Crippen LogP contribution is 2.11. The first kappa shape index (κ1) is 9.05. The molecule has 72 valence electrons. The molecule has 0 saturated heterocycles. The first-order chi connectivity index (χ1) is 6.81. The van der Waals surface area contributed by atoms with Crippen LogP contribution in [-0.4, -0.2) is 21.7 Å². The first-order valence-electron chi connectivity index (χ1n) is 4.39. The van der Waals surface area contributed by atoms with Gasteiger partial charge in [0.25, 0.3) is 0 Å². The van der Waals surface area contributed by atoms with Crippen LogP contribution in [0, 0.1) is 0 Å². The van der Waals surface area contributed by atoms with Crippen LogP contribution in [0.3, 0.4) is 0 Å². The number of rotatable bonds is 2. The van der Waals surface area contributed by atoms with E-state index < -0.39 is 6.04 Å². The van der Waals surface area contributed by atoms with Crippen LogP contribution in [0.25, 0.3) is 11.0 Å². The zero-order valence-corrected chi connectivity index (χ0v) is 7.59. The van der Waals surface area contributed by atoms with E-state index in [1.165, 1.54) is 0 Å². The van der Waals surface area contributed by atoms with Crippen molar-refractivity contribution in [2.45, 2.75) is 6.04 Å². The van der Waals surface area contributed by atoms with E-state index in [9.17, 15) is 0 Å². The molecule has 0 spiro atoms. The smallest absolute Gasteiger partial charge is 0.0890 e. The number of fused-ring (bicyclic) bond motifs is 1. The van der Waals surface area contributed by atoms with Gasteiger partial charge in [-0.25, -0.2) is 4.98 Å². The number of aliphatic hydroxyl groups is 1. The molecule has 1 heterocycles. The summed E-state index contributed by atoms with van der Waals surface area (Å²) in [6.45, 7) is -0.118. The molecule has 0 aliphatic heterocycles. The number of aromatic nitrogens is 2. The Morgan fingerprint density at radius 3 is 2.71 bits per heavy atom. The SMILES string of the molecule is NC(CO)c1cnc2ccccc2n1. The molecular formula is C10H11N3O. The average molecular weight is 189 g/mol. The van der Waals surface area contributed by atoms with Crippen LogP contribution >= 0.6 is 0 Å². The molecule has 1 unspecified atom stereocenters. The maximum Gasteiger partial charge on any atom is 0.0890 e. The molecular weight excluding hydrogens is 178 g/mol. The van der Waals surface area contributed by atoms with E-state index in [2.05, 4.69) is 9.97 Å². The fraction of sp³-hybridized carbons (Fsp3) is 0.200. The number of aliphatic hydroxyl groups excluding tert-OH is 1. The second-order valence-electron chi connectivity index (χ2n) is 3.07. The van der Waals surface area contributed by atoms with Crippen LogP contribution in [0.2, 0.25) is 0 Å². The zero-order chi connectivity index (χ0) is 9.97. The van der Waals surface area contributed by atoms with Gasteiger partial charge in [-0.15, -0.1) is 0 Å². The van der Waals surface area contributed by atoms with E-state index in [0.29, 0.717) is 5.69 Å². The van der Waals surface area contributed by atoms with Crippen molar-refractivity contribution in [3.05, 3.63) is 36.2 Å². The molecule has 1 aromatic carbocycles. The van der Waals surface area contributed by atoms with Gasteiger partial charge in [-0.05, 0) is 12.1 Å². The fourth-order valence-electron chi connectivity index (χ4n) is 1.24. The molecule has 2 rings (SSSR count). The molecule has 4 heteroatoms. The predicted octanol–water partition coefficient (Wildman–Crippen LogP) is 0.622. The monoisotopic (exact) mass is 189 g/mol. The number of benzene rings is 1. The number of nitrogens with zero attached hydrogens (tertiary/aromatic N) is 2. The second-order valence-corrected chi connectivity index (χ2v) is 3.07. The van der Waals surface area contributed by atoms with Crippen LogP contribution in [0.1, 0.15) is 11.7 Å². The largest absolute Gasteiger partial charge is 0.394 e. The van der Waals surface area contributed by atoms with E-state index in [-0.39, 0.29) is 6.61 Å². The van der Waals surface area contributed by atoms with Crippen molar-refractivity contribution >= 4 is 11.0 Å². The van der Waals surface area contributed by atoms with Gasteiger partial charge in [0.2, 0.25) is 0 Å². The van der Waals surface area contributed by atoms with E-state index in [1.54, 1.807) is 6.20 Å². The molecule has 0 bridgehead atoms. The Balaban J connectivity index is 2.51. The predicted molar refractivity (Wildman–Crippen MR) is 53.6 cm³/mol. The molecule has 0 radical (unpaired) electrons. The number of hydrogen-bond acceptors (Lipinski definition) is 4. The lowest BCUT2D eigenvalue weighted by Gasteiger charge is -2.07. The van der Waals surface area contributed by atoms with E-state index >= 15 is 0 Å². The molecule has 0 aliphatic rings. The topological polar surface area (TPSA) is 72.0 Å². The number of hydrogen-bond donors (Lipinski definition) is 2. The summed E-state index contributed by atoms with van der Waals surface area (Å²) < 4.78 is 0. The quantitative estimate of drug-likeness (QED) is 0.726. The maximum absolute atomic E-state index is 8.87. The summed E-state index contributed by atoms with van der Waals surface area (Å²) in [7, 11) is 0. The Labute approximate surface area is 81.4 Å². The summed E-state index contributed by atoms with van der Waals surface area (Å²) in [5, 5.41) is 8.87. The minimum absolute atomic E-state index is 0.118. The summed E-state index contributed by atoms with van der Waals surface area (Å²) in [6, 6.07) is 7.10. The van der Waals surface area contributed by atoms with Gasteiger partial charge in [0.05, 0.1) is 35.6 Å². The molecule has 1 atom stereocenters. The van der Waals surface area contributed by atoms with Gasteiger partial charge in [-0.2, -0.15) is 0 Å². The van der Waals surface area contributed by atoms with Crippen LogP contribution < -0.4 is 5.73 Å². The molecule has 2 aromatic rings. The Bertz CT molecular complexity index is 444. The van der Waals surface area contributed by atoms with E-state index in [1.807, 2.05) is 24.3 Å². The highest BCUT2D eigenvalue weighted by atomic mass is 16.3. The van der Waals surface area contributed by atoms with Gasteiger partial charge in [-0.1, -0.05) is 12.1 Å². The molecule has 0 aliphatic carbocycles. The van der Waals surface area contributed by atoms with Crippen molar-refractivity contribution in [1.82, 2.24) is 9.97 Å². The van der Waals surface area contributed by atoms with E-state index in [0.717, 1.165) is 11.0 Å². The third-order valence-electron chi connectivity index (χ3n) is 2.04. The lowest BCUT2D eigenvalue weighted by molar-refractivity contribution is 0.266. The number of para-hydroxylation sites is 2. The molecule has 0 amide bonds. The minimum atomic E-state index is -0.452. The molecule has 14 heavy (non-hydrogen) atoms. The van der Waals surface area contributed by atoms with Crippen molar-refractivity contribution in [1.29, 1.82) is 0 Å². The Kier molecular flexibility index (Phi) is 2.39. The fourth-order valence-corrected chi connectivity index (χ4v) is 1.24. The number of nitrogens with two attached hydrogens (primary N) is 1. The van der Waals surface area contributed by atoms with Crippen LogP contribution in [-0.2, 0) is 0 Å². The van der Waals surface area contributed by atoms with Crippen molar-refractivity contribution < 1.29 is 5.11 Å². The summed E-state index contributed by atoms with van der Waals surface area (Å²) in [6.07, 6.45) is 1.60. The van der Waals surface area contributed by atoms with Crippen molar-refractivity contribution in [2.24, 2.45) is 5.73 Å². The average Bonchev–Trinajstić information content (AvgIpc) is 2.27. The minimum Gasteiger partial charge on any atom is -0.394 e. The normalized spacial score (nSPS) is 13.0. The molecule has 3 N–H and O–H groups in total. The highest BCUT2D eigenvalue weighted by molar-refractivity contribution is 5.73. The highest BCUT2D eigenvalue weighted by Gasteiger charge is 2.06. The molecule has 0 fully saturated rings. The Morgan fingerprint density at radius 2 is 2.00 bits per heavy atom. The van der Waals surface area contributed by atoms with Gasteiger partial charge in [0, 0.05) is 0 Å². The third-order valence-corrected chi connectivity index (χ3v) is 2.04. The standard InChI is InChI=1S/C10H11N3O/c11-7(6-14)10-5-12-8-3-1-2-4-9(8)13-10/h1-5,7,14H,6,11H2.